The number of amides is 2. The Bertz CT molecular complexity index is 802. The highest BCUT2D eigenvalue weighted by Gasteiger charge is 2.27. The van der Waals surface area contributed by atoms with Crippen LogP contribution < -0.4 is 10.6 Å². The van der Waals surface area contributed by atoms with E-state index >= 15 is 0 Å². The van der Waals surface area contributed by atoms with Crippen LogP contribution in [0, 0.1) is 25.6 Å². The number of piperidine rings is 1. The Morgan fingerprint density at radius 2 is 2.00 bits per heavy atom. The minimum atomic E-state index is -0.339. The number of hydrogen-bond donors (Lipinski definition) is 2. The number of carbonyl (C=O) groups is 2. The third kappa shape index (κ3) is 5.33. The fraction of sp³-hybridized carbons (Fsp3) is 0.421. The molecule has 2 amide bonds. The summed E-state index contributed by atoms with van der Waals surface area (Å²) in [7, 11) is 0. The molecule has 0 spiro atoms. The summed E-state index contributed by atoms with van der Waals surface area (Å²) < 4.78 is 13.0. The van der Waals surface area contributed by atoms with Gasteiger partial charge < -0.3 is 10.6 Å². The molecule has 1 aromatic carbocycles. The first-order chi connectivity index (χ1) is 12.9. The van der Waals surface area contributed by atoms with Gasteiger partial charge >= 0.3 is 0 Å². The molecule has 6 nitrogen and oxygen atoms in total. The summed E-state index contributed by atoms with van der Waals surface area (Å²) in [4.78, 5) is 32.1. The van der Waals surface area contributed by atoms with Crippen molar-refractivity contribution in [2.24, 2.45) is 5.92 Å². The Morgan fingerprint density at radius 1 is 1.26 bits per heavy atom. The molecule has 1 aromatic heterocycles. The maximum atomic E-state index is 13.0. The van der Waals surface area contributed by atoms with E-state index in [9.17, 15) is 14.0 Å². The minimum absolute atomic E-state index is 0.0992. The van der Waals surface area contributed by atoms with Gasteiger partial charge in [0.05, 0.1) is 18.2 Å². The fourth-order valence-electron chi connectivity index (χ4n) is 3.08. The highest BCUT2D eigenvalue weighted by atomic mass is 32.1. The molecule has 2 N–H and O–H groups in total. The van der Waals surface area contributed by atoms with E-state index in [0.29, 0.717) is 17.4 Å². The number of rotatable bonds is 5. The lowest BCUT2D eigenvalue weighted by atomic mass is 9.97. The van der Waals surface area contributed by atoms with Crippen LogP contribution in [0.15, 0.2) is 24.3 Å². The van der Waals surface area contributed by atoms with Crippen molar-refractivity contribution < 1.29 is 14.0 Å². The van der Waals surface area contributed by atoms with Gasteiger partial charge in [0.15, 0.2) is 5.13 Å². The van der Waals surface area contributed by atoms with Gasteiger partial charge in [0, 0.05) is 17.1 Å². The van der Waals surface area contributed by atoms with E-state index in [1.54, 1.807) is 12.1 Å². The first kappa shape index (κ1) is 19.4. The molecule has 3 rings (SSSR count). The number of aromatic nitrogens is 1. The van der Waals surface area contributed by atoms with Crippen molar-refractivity contribution in [3.8, 4) is 0 Å². The summed E-state index contributed by atoms with van der Waals surface area (Å²) in [5.74, 6) is -0.754. The van der Waals surface area contributed by atoms with E-state index in [4.69, 9.17) is 0 Å². The zero-order valence-electron chi connectivity index (χ0n) is 15.4. The van der Waals surface area contributed by atoms with Crippen LogP contribution in [0.1, 0.15) is 23.4 Å². The Kier molecular flexibility index (Phi) is 6.18. The summed E-state index contributed by atoms with van der Waals surface area (Å²) in [6.07, 6.45) is 1.63. The SMILES string of the molecule is Cc1nc(NC(=O)CN2CCCC(C(=O)Nc3ccc(F)cc3)C2)sc1C. The second-order valence-electron chi connectivity index (χ2n) is 6.78. The van der Waals surface area contributed by atoms with Crippen molar-refractivity contribution in [2.45, 2.75) is 26.7 Å². The predicted octanol–water partition coefficient (Wildman–Crippen LogP) is 3.19. The van der Waals surface area contributed by atoms with Crippen LogP contribution in [0.4, 0.5) is 15.2 Å². The summed E-state index contributed by atoms with van der Waals surface area (Å²) in [5, 5.41) is 6.26. The Morgan fingerprint density at radius 3 is 2.67 bits per heavy atom. The van der Waals surface area contributed by atoms with Crippen LogP contribution in [-0.4, -0.2) is 41.3 Å². The largest absolute Gasteiger partial charge is 0.326 e. The van der Waals surface area contributed by atoms with Gasteiger partial charge in [-0.2, -0.15) is 0 Å². The van der Waals surface area contributed by atoms with E-state index in [-0.39, 0.29) is 30.1 Å². The number of nitrogens with one attached hydrogen (secondary N) is 2. The number of anilines is 2. The molecular formula is C19H23FN4O2S. The summed E-state index contributed by atoms with van der Waals surface area (Å²) in [6.45, 7) is 5.42. The minimum Gasteiger partial charge on any atom is -0.326 e. The molecule has 27 heavy (non-hydrogen) atoms. The number of benzene rings is 1. The average molecular weight is 390 g/mol. The summed E-state index contributed by atoms with van der Waals surface area (Å²) in [6, 6.07) is 5.71. The lowest BCUT2D eigenvalue weighted by molar-refractivity contribution is -0.123. The average Bonchev–Trinajstić information content (AvgIpc) is 2.94. The lowest BCUT2D eigenvalue weighted by Gasteiger charge is -2.31. The molecule has 1 unspecified atom stereocenters. The maximum absolute atomic E-state index is 13.0. The zero-order chi connectivity index (χ0) is 19.4. The molecule has 0 bridgehead atoms. The predicted molar refractivity (Wildman–Crippen MR) is 104 cm³/mol. The normalized spacial score (nSPS) is 17.5. The maximum Gasteiger partial charge on any atom is 0.240 e. The van der Waals surface area contributed by atoms with Crippen molar-refractivity contribution in [3.05, 3.63) is 40.7 Å². The number of aryl methyl sites for hydroxylation is 2. The van der Waals surface area contributed by atoms with Crippen molar-refractivity contribution in [3.63, 3.8) is 0 Å². The standard InChI is InChI=1S/C19H23FN4O2S/c1-12-13(2)27-19(21-12)23-17(25)11-24-9-3-4-14(10-24)18(26)22-16-7-5-15(20)6-8-16/h5-8,14H,3-4,9-11H2,1-2H3,(H,22,26)(H,21,23,25). The second-order valence-corrected chi connectivity index (χ2v) is 7.98. The van der Waals surface area contributed by atoms with Crippen LogP contribution in [0.5, 0.6) is 0 Å². The van der Waals surface area contributed by atoms with Gasteiger partial charge in [-0.1, -0.05) is 0 Å². The molecule has 1 atom stereocenters. The summed E-state index contributed by atoms with van der Waals surface area (Å²) in [5.41, 5.74) is 1.50. The smallest absolute Gasteiger partial charge is 0.240 e. The zero-order valence-corrected chi connectivity index (χ0v) is 16.2. The van der Waals surface area contributed by atoms with Crippen molar-refractivity contribution in [1.29, 1.82) is 0 Å². The monoisotopic (exact) mass is 390 g/mol. The van der Waals surface area contributed by atoms with Crippen LogP contribution >= 0.6 is 11.3 Å². The Labute approximate surface area is 161 Å². The van der Waals surface area contributed by atoms with E-state index in [1.807, 2.05) is 18.7 Å². The van der Waals surface area contributed by atoms with Crippen LogP contribution in [0.25, 0.3) is 0 Å². The molecular weight excluding hydrogens is 367 g/mol. The van der Waals surface area contributed by atoms with Gasteiger partial charge in [-0.3, -0.25) is 14.5 Å². The molecule has 2 heterocycles. The number of likely N-dealkylation sites (tertiary alicyclic amines) is 1. The van der Waals surface area contributed by atoms with Gasteiger partial charge in [-0.15, -0.1) is 11.3 Å². The number of hydrogen-bond acceptors (Lipinski definition) is 5. The second kappa shape index (κ2) is 8.58. The number of carbonyl (C=O) groups excluding carboxylic acids is 2. The van der Waals surface area contributed by atoms with Crippen LogP contribution in [-0.2, 0) is 9.59 Å². The van der Waals surface area contributed by atoms with Crippen LogP contribution in [0.3, 0.4) is 0 Å². The van der Waals surface area contributed by atoms with Crippen molar-refractivity contribution in [1.82, 2.24) is 9.88 Å². The van der Waals surface area contributed by atoms with Crippen LogP contribution in [0.2, 0.25) is 0 Å². The topological polar surface area (TPSA) is 74.3 Å². The third-order valence-corrected chi connectivity index (χ3v) is 5.62. The highest BCUT2D eigenvalue weighted by molar-refractivity contribution is 7.15. The highest BCUT2D eigenvalue weighted by Crippen LogP contribution is 2.22. The quantitative estimate of drug-likeness (QED) is 0.822. The van der Waals surface area contributed by atoms with Gasteiger partial charge in [0.1, 0.15) is 5.82 Å². The van der Waals surface area contributed by atoms with Gasteiger partial charge in [-0.25, -0.2) is 9.37 Å². The van der Waals surface area contributed by atoms with E-state index < -0.39 is 0 Å². The molecule has 144 valence electrons. The number of halogens is 1. The molecule has 1 fully saturated rings. The van der Waals surface area contributed by atoms with Crippen molar-refractivity contribution >= 4 is 34.0 Å². The fourth-order valence-corrected chi connectivity index (χ4v) is 3.91. The molecule has 0 aliphatic carbocycles. The lowest BCUT2D eigenvalue weighted by Crippen LogP contribution is -2.43. The number of nitrogens with zero attached hydrogens (tertiary/aromatic N) is 2. The van der Waals surface area contributed by atoms with E-state index in [2.05, 4.69) is 15.6 Å². The van der Waals surface area contributed by atoms with Gasteiger partial charge in [-0.05, 0) is 57.5 Å². The third-order valence-electron chi connectivity index (χ3n) is 4.63. The molecule has 0 saturated carbocycles. The molecule has 0 radical (unpaired) electrons. The molecule has 1 aliphatic heterocycles. The van der Waals surface area contributed by atoms with E-state index in [0.717, 1.165) is 30.0 Å². The molecule has 8 heteroatoms. The van der Waals surface area contributed by atoms with Gasteiger partial charge in [0.25, 0.3) is 0 Å². The Hall–Kier alpha value is -2.32. The first-order valence-corrected chi connectivity index (χ1v) is 9.75. The molecule has 1 aliphatic rings. The first-order valence-electron chi connectivity index (χ1n) is 8.93. The molecule has 2 aromatic rings. The van der Waals surface area contributed by atoms with E-state index in [1.165, 1.54) is 23.5 Å². The number of thiazole rings is 1. The molecule has 1 saturated heterocycles. The van der Waals surface area contributed by atoms with Crippen molar-refractivity contribution in [2.75, 3.05) is 30.3 Å². The van der Waals surface area contributed by atoms with Gasteiger partial charge in [0.2, 0.25) is 11.8 Å². The Balaban J connectivity index is 1.51. The summed E-state index contributed by atoms with van der Waals surface area (Å²) >= 11 is 1.46.